The van der Waals surface area contributed by atoms with Crippen molar-refractivity contribution in [3.05, 3.63) is 0 Å². The maximum atomic E-state index is 5.38. The molecule has 118 valence electrons. The van der Waals surface area contributed by atoms with Crippen molar-refractivity contribution < 1.29 is 9.47 Å². The number of rotatable bonds is 6. The monoisotopic (exact) mass is 284 g/mol. The van der Waals surface area contributed by atoms with Crippen molar-refractivity contribution in [2.45, 2.75) is 76.3 Å². The Labute approximate surface area is 124 Å². The Balaban J connectivity index is 1.92. The predicted octanol–water partition coefficient (Wildman–Crippen LogP) is 2.28. The lowest BCUT2D eigenvalue weighted by molar-refractivity contribution is -0.122. The van der Waals surface area contributed by atoms with E-state index in [9.17, 15) is 0 Å². The molecule has 4 atom stereocenters. The van der Waals surface area contributed by atoms with Crippen LogP contribution in [0.2, 0.25) is 0 Å². The molecule has 20 heavy (non-hydrogen) atoms. The molecule has 0 radical (unpaired) electrons. The second kappa shape index (κ2) is 8.32. The van der Waals surface area contributed by atoms with Gasteiger partial charge in [-0.25, -0.2) is 0 Å². The van der Waals surface area contributed by atoms with Crippen molar-refractivity contribution in [2.75, 3.05) is 20.8 Å². The van der Waals surface area contributed by atoms with Gasteiger partial charge in [-0.05, 0) is 45.1 Å². The lowest BCUT2D eigenvalue weighted by Crippen LogP contribution is -2.54. The zero-order valence-electron chi connectivity index (χ0n) is 13.4. The third kappa shape index (κ3) is 4.17. The van der Waals surface area contributed by atoms with Crippen LogP contribution in [0.25, 0.3) is 0 Å². The van der Waals surface area contributed by atoms with Crippen LogP contribution in [0.15, 0.2) is 0 Å². The molecule has 1 aliphatic heterocycles. The fourth-order valence-corrected chi connectivity index (χ4v) is 4.01. The molecule has 0 amide bonds. The molecule has 0 spiro atoms. The summed E-state index contributed by atoms with van der Waals surface area (Å²) in [6, 6.07) is 1.54. The van der Waals surface area contributed by atoms with Gasteiger partial charge in [0.2, 0.25) is 0 Å². The first-order valence-corrected chi connectivity index (χ1v) is 8.31. The zero-order valence-corrected chi connectivity index (χ0v) is 13.4. The van der Waals surface area contributed by atoms with E-state index in [4.69, 9.17) is 9.47 Å². The molecule has 0 aromatic heterocycles. The topological polar surface area (TPSA) is 42.5 Å². The Hall–Kier alpha value is -0.160. The lowest BCUT2D eigenvalue weighted by atomic mass is 9.77. The third-order valence-electron chi connectivity index (χ3n) is 5.03. The van der Waals surface area contributed by atoms with Crippen LogP contribution in [0.1, 0.15) is 51.9 Å². The van der Waals surface area contributed by atoms with Gasteiger partial charge in [-0.2, -0.15) is 0 Å². The first-order valence-electron chi connectivity index (χ1n) is 8.31. The summed E-state index contributed by atoms with van der Waals surface area (Å²) in [5.41, 5.74) is 0. The first kappa shape index (κ1) is 16.2. The SMILES string of the molecule is COC(OC)C(C)NC1CCCCC1C1CCCCN1. The van der Waals surface area contributed by atoms with Crippen LogP contribution in [0.3, 0.4) is 0 Å². The Bertz CT molecular complexity index is 265. The molecule has 1 aliphatic carbocycles. The fraction of sp³-hybridized carbons (Fsp3) is 1.00. The van der Waals surface area contributed by atoms with Gasteiger partial charge < -0.3 is 20.1 Å². The normalized spacial score (nSPS) is 33.3. The average molecular weight is 284 g/mol. The number of methoxy groups -OCH3 is 2. The molecule has 1 saturated heterocycles. The molecule has 4 unspecified atom stereocenters. The highest BCUT2D eigenvalue weighted by molar-refractivity contribution is 4.91. The van der Waals surface area contributed by atoms with Crippen LogP contribution in [0, 0.1) is 5.92 Å². The molecule has 1 heterocycles. The molecular weight excluding hydrogens is 252 g/mol. The number of nitrogens with one attached hydrogen (secondary N) is 2. The van der Waals surface area contributed by atoms with E-state index in [1.54, 1.807) is 14.2 Å². The van der Waals surface area contributed by atoms with Crippen LogP contribution in [0.4, 0.5) is 0 Å². The summed E-state index contributed by atoms with van der Waals surface area (Å²) < 4.78 is 10.8. The number of ether oxygens (including phenoxy) is 2. The molecule has 4 heteroatoms. The highest BCUT2D eigenvalue weighted by atomic mass is 16.7. The van der Waals surface area contributed by atoms with E-state index in [1.165, 1.54) is 51.5 Å². The van der Waals surface area contributed by atoms with E-state index >= 15 is 0 Å². The van der Waals surface area contributed by atoms with Gasteiger partial charge in [0.05, 0.1) is 6.04 Å². The summed E-state index contributed by atoms with van der Waals surface area (Å²) in [5.74, 6) is 0.765. The maximum absolute atomic E-state index is 5.38. The van der Waals surface area contributed by atoms with Crippen LogP contribution in [-0.2, 0) is 9.47 Å². The van der Waals surface area contributed by atoms with E-state index in [1.807, 2.05) is 0 Å². The van der Waals surface area contributed by atoms with Crippen molar-refractivity contribution in [2.24, 2.45) is 5.92 Å². The molecular formula is C16H32N2O2. The molecule has 0 aromatic rings. The average Bonchev–Trinajstić information content (AvgIpc) is 2.50. The van der Waals surface area contributed by atoms with E-state index in [2.05, 4.69) is 17.6 Å². The summed E-state index contributed by atoms with van der Waals surface area (Å²) in [6.45, 7) is 3.36. The van der Waals surface area contributed by atoms with Gasteiger partial charge in [0, 0.05) is 26.3 Å². The molecule has 1 saturated carbocycles. The Kier molecular flexibility index (Phi) is 6.75. The van der Waals surface area contributed by atoms with Crippen molar-refractivity contribution in [1.29, 1.82) is 0 Å². The van der Waals surface area contributed by atoms with Gasteiger partial charge in [0.15, 0.2) is 6.29 Å². The molecule has 2 fully saturated rings. The number of hydrogen-bond acceptors (Lipinski definition) is 4. The maximum Gasteiger partial charge on any atom is 0.171 e. The minimum absolute atomic E-state index is 0.156. The van der Waals surface area contributed by atoms with Crippen molar-refractivity contribution in [3.8, 4) is 0 Å². The largest absolute Gasteiger partial charge is 0.354 e. The van der Waals surface area contributed by atoms with Gasteiger partial charge in [0.1, 0.15) is 0 Å². The quantitative estimate of drug-likeness (QED) is 0.734. The van der Waals surface area contributed by atoms with Crippen LogP contribution in [-0.4, -0.2) is 45.2 Å². The molecule has 4 nitrogen and oxygen atoms in total. The molecule has 2 N–H and O–H groups in total. The summed E-state index contributed by atoms with van der Waals surface area (Å²) in [7, 11) is 3.43. The molecule has 2 rings (SSSR count). The van der Waals surface area contributed by atoms with Gasteiger partial charge in [-0.3, -0.25) is 0 Å². The summed E-state index contributed by atoms with van der Waals surface area (Å²) in [6.07, 6.45) is 9.28. The predicted molar refractivity (Wildman–Crippen MR) is 81.8 cm³/mol. The lowest BCUT2D eigenvalue weighted by Gasteiger charge is -2.41. The standard InChI is InChI=1S/C16H32N2O2/c1-12(16(19-2)20-3)18-15-10-5-4-8-13(15)14-9-6-7-11-17-14/h12-18H,4-11H2,1-3H3. The summed E-state index contributed by atoms with van der Waals surface area (Å²) in [4.78, 5) is 0. The van der Waals surface area contributed by atoms with Crippen molar-refractivity contribution in [3.63, 3.8) is 0 Å². The molecule has 0 bridgehead atoms. The van der Waals surface area contributed by atoms with Crippen LogP contribution >= 0.6 is 0 Å². The Morgan fingerprint density at radius 1 is 1.00 bits per heavy atom. The third-order valence-corrected chi connectivity index (χ3v) is 5.03. The van der Waals surface area contributed by atoms with Gasteiger partial charge in [-0.1, -0.05) is 19.3 Å². The fourth-order valence-electron chi connectivity index (χ4n) is 4.01. The Morgan fingerprint density at radius 3 is 2.35 bits per heavy atom. The van der Waals surface area contributed by atoms with Crippen LogP contribution in [0.5, 0.6) is 0 Å². The van der Waals surface area contributed by atoms with Gasteiger partial charge in [0.25, 0.3) is 0 Å². The van der Waals surface area contributed by atoms with Crippen LogP contribution < -0.4 is 10.6 Å². The van der Waals surface area contributed by atoms with Gasteiger partial charge in [-0.15, -0.1) is 0 Å². The van der Waals surface area contributed by atoms with E-state index in [0.717, 1.165) is 5.92 Å². The molecule has 2 aliphatic rings. The highest BCUT2D eigenvalue weighted by Crippen LogP contribution is 2.31. The second-order valence-corrected chi connectivity index (χ2v) is 6.41. The molecule has 0 aromatic carbocycles. The minimum Gasteiger partial charge on any atom is -0.354 e. The zero-order chi connectivity index (χ0) is 14.4. The number of piperidine rings is 1. The Morgan fingerprint density at radius 2 is 1.70 bits per heavy atom. The van der Waals surface area contributed by atoms with Crippen molar-refractivity contribution >= 4 is 0 Å². The first-order chi connectivity index (χ1) is 9.76. The highest BCUT2D eigenvalue weighted by Gasteiger charge is 2.34. The minimum atomic E-state index is -0.156. The summed E-state index contributed by atoms with van der Waals surface area (Å²) >= 11 is 0. The smallest absolute Gasteiger partial charge is 0.171 e. The summed E-state index contributed by atoms with van der Waals surface area (Å²) in [5, 5.41) is 7.52. The van der Waals surface area contributed by atoms with E-state index in [-0.39, 0.29) is 12.3 Å². The number of hydrogen-bond donors (Lipinski definition) is 2. The van der Waals surface area contributed by atoms with E-state index in [0.29, 0.717) is 12.1 Å². The second-order valence-electron chi connectivity index (χ2n) is 6.41. The van der Waals surface area contributed by atoms with E-state index < -0.39 is 0 Å². The van der Waals surface area contributed by atoms with Crippen molar-refractivity contribution in [1.82, 2.24) is 10.6 Å². The van der Waals surface area contributed by atoms with Gasteiger partial charge >= 0.3 is 0 Å².